The Kier molecular flexibility index (Phi) is 3.18. The second kappa shape index (κ2) is 4.38. The zero-order valence-corrected chi connectivity index (χ0v) is 10.8. The molecule has 0 fully saturated rings. The Balaban J connectivity index is 2.71. The summed E-state index contributed by atoms with van der Waals surface area (Å²) in [6.07, 6.45) is -2.89. The third-order valence-electron chi connectivity index (χ3n) is 2.47. The van der Waals surface area contributed by atoms with Crippen LogP contribution in [0.4, 0.5) is 13.2 Å². The number of ketones is 1. The van der Waals surface area contributed by atoms with Gasteiger partial charge < -0.3 is 4.40 Å². The number of rotatable bonds is 2. The monoisotopic (exact) mass is 320 g/mol. The molecular formula is C11H8BrF3N2O. The molecule has 7 heteroatoms. The number of imidazole rings is 1. The second-order valence-corrected chi connectivity index (χ2v) is 4.57. The minimum Gasteiger partial charge on any atom is -0.303 e. The summed E-state index contributed by atoms with van der Waals surface area (Å²) in [5.74, 6) is -1.50. The van der Waals surface area contributed by atoms with E-state index in [0.29, 0.717) is 16.7 Å². The highest BCUT2D eigenvalue weighted by Gasteiger charge is 2.42. The van der Waals surface area contributed by atoms with E-state index in [1.807, 2.05) is 0 Å². The van der Waals surface area contributed by atoms with E-state index in [9.17, 15) is 18.0 Å². The zero-order valence-electron chi connectivity index (χ0n) is 9.25. The number of nitrogens with zero attached hydrogens (tertiary/aromatic N) is 2. The van der Waals surface area contributed by atoms with Gasteiger partial charge in [-0.3, -0.25) is 4.79 Å². The second-order valence-electron chi connectivity index (χ2n) is 3.66. The quantitative estimate of drug-likeness (QED) is 0.795. The first kappa shape index (κ1) is 13.1. The first-order chi connectivity index (χ1) is 8.34. The Labute approximate surface area is 109 Å². The number of pyridine rings is 1. The van der Waals surface area contributed by atoms with Crippen LogP contribution in [0.5, 0.6) is 0 Å². The van der Waals surface area contributed by atoms with Crippen LogP contribution in [-0.4, -0.2) is 21.3 Å². The van der Waals surface area contributed by atoms with Crippen molar-refractivity contribution >= 4 is 27.2 Å². The molecule has 2 heterocycles. The van der Waals surface area contributed by atoms with Gasteiger partial charge >= 0.3 is 6.18 Å². The van der Waals surface area contributed by atoms with E-state index >= 15 is 0 Å². The topological polar surface area (TPSA) is 34.4 Å². The van der Waals surface area contributed by atoms with Gasteiger partial charge in [0.05, 0.1) is 5.52 Å². The summed E-state index contributed by atoms with van der Waals surface area (Å²) < 4.78 is 39.5. The lowest BCUT2D eigenvalue weighted by Crippen LogP contribution is -2.23. The van der Waals surface area contributed by atoms with Gasteiger partial charge in [-0.15, -0.1) is 0 Å². The molecule has 0 radical (unpaired) electrons. The maximum atomic E-state index is 12.5. The highest BCUT2D eigenvalue weighted by atomic mass is 79.9. The fourth-order valence-corrected chi connectivity index (χ4v) is 2.01. The van der Waals surface area contributed by atoms with Crippen LogP contribution < -0.4 is 0 Å². The van der Waals surface area contributed by atoms with Crippen LogP contribution >= 0.6 is 15.9 Å². The van der Waals surface area contributed by atoms with E-state index in [2.05, 4.69) is 20.9 Å². The predicted octanol–water partition coefficient (Wildman–Crippen LogP) is 3.40. The van der Waals surface area contributed by atoms with Crippen LogP contribution in [0.15, 0.2) is 22.8 Å². The lowest BCUT2D eigenvalue weighted by molar-refractivity contribution is -0.0887. The van der Waals surface area contributed by atoms with E-state index in [4.69, 9.17) is 0 Å². The molecule has 0 spiro atoms. The summed E-state index contributed by atoms with van der Waals surface area (Å²) >= 11 is 3.16. The van der Waals surface area contributed by atoms with Gasteiger partial charge in [-0.05, 0) is 12.1 Å². The van der Waals surface area contributed by atoms with Crippen molar-refractivity contribution in [1.29, 1.82) is 0 Å². The molecule has 18 heavy (non-hydrogen) atoms. The zero-order chi connectivity index (χ0) is 13.5. The number of fused-ring (bicyclic) bond motifs is 1. The van der Waals surface area contributed by atoms with Gasteiger partial charge in [0.2, 0.25) is 0 Å². The van der Waals surface area contributed by atoms with Crippen molar-refractivity contribution in [1.82, 2.24) is 9.38 Å². The fourth-order valence-electron chi connectivity index (χ4n) is 1.67. The van der Waals surface area contributed by atoms with Gasteiger partial charge in [0.25, 0.3) is 5.78 Å². The first-order valence-electron chi connectivity index (χ1n) is 5.12. The van der Waals surface area contributed by atoms with Gasteiger partial charge in [0.15, 0.2) is 0 Å². The van der Waals surface area contributed by atoms with Crippen LogP contribution in [0.3, 0.4) is 0 Å². The van der Waals surface area contributed by atoms with Crippen LogP contribution in [0.2, 0.25) is 0 Å². The number of Topliss-reactive ketones (excluding diaryl/α,β-unsaturated/α-hetero) is 1. The van der Waals surface area contributed by atoms with Crippen LogP contribution in [0.1, 0.15) is 23.2 Å². The van der Waals surface area contributed by atoms with Crippen molar-refractivity contribution in [2.75, 3.05) is 0 Å². The van der Waals surface area contributed by atoms with Gasteiger partial charge in [0.1, 0.15) is 11.5 Å². The van der Waals surface area contributed by atoms with E-state index in [1.165, 1.54) is 10.5 Å². The SMILES string of the molecule is CCc1nc(C(=O)C(F)(F)F)c2cc(Br)ccn12. The molecule has 3 nitrogen and oxygen atoms in total. The summed E-state index contributed by atoms with van der Waals surface area (Å²) in [7, 11) is 0. The summed E-state index contributed by atoms with van der Waals surface area (Å²) in [5, 5.41) is 0. The van der Waals surface area contributed by atoms with Crippen molar-refractivity contribution in [3.8, 4) is 0 Å². The Morgan fingerprint density at radius 3 is 2.72 bits per heavy atom. The van der Waals surface area contributed by atoms with Gasteiger partial charge in [0, 0.05) is 17.1 Å². The molecule has 0 saturated carbocycles. The smallest absolute Gasteiger partial charge is 0.303 e. The first-order valence-corrected chi connectivity index (χ1v) is 5.92. The van der Waals surface area contributed by atoms with Crippen molar-refractivity contribution in [2.45, 2.75) is 19.5 Å². The number of alkyl halides is 3. The molecule has 0 aliphatic rings. The molecule has 0 aliphatic heterocycles. The Morgan fingerprint density at radius 1 is 1.50 bits per heavy atom. The Bertz CT molecular complexity index is 619. The van der Waals surface area contributed by atoms with Gasteiger partial charge in [-0.25, -0.2) is 4.98 Å². The molecule has 0 unspecified atom stereocenters. The molecule has 0 atom stereocenters. The molecule has 0 aliphatic carbocycles. The van der Waals surface area contributed by atoms with Gasteiger partial charge in [-0.2, -0.15) is 13.2 Å². The fraction of sp³-hybridized carbons (Fsp3) is 0.273. The summed E-state index contributed by atoms with van der Waals surface area (Å²) in [6, 6.07) is 3.13. The van der Waals surface area contributed by atoms with Crippen molar-refractivity contribution in [3.63, 3.8) is 0 Å². The highest BCUT2D eigenvalue weighted by Crippen LogP contribution is 2.26. The van der Waals surface area contributed by atoms with Crippen molar-refractivity contribution in [3.05, 3.63) is 34.3 Å². The standard InChI is InChI=1S/C11H8BrF3N2O/c1-2-8-16-9(10(18)11(13,14)15)7-5-6(12)3-4-17(7)8/h3-5H,2H2,1H3. The molecule has 0 aromatic carbocycles. The number of hydrogen-bond acceptors (Lipinski definition) is 2. The number of carbonyl (C=O) groups is 1. The Hall–Kier alpha value is -1.37. The number of halogens is 4. The van der Waals surface area contributed by atoms with E-state index < -0.39 is 17.7 Å². The van der Waals surface area contributed by atoms with Gasteiger partial charge in [-0.1, -0.05) is 22.9 Å². The molecule has 0 amide bonds. The van der Waals surface area contributed by atoms with Crippen molar-refractivity contribution < 1.29 is 18.0 Å². The van der Waals surface area contributed by atoms with Crippen LogP contribution in [-0.2, 0) is 6.42 Å². The molecule has 96 valence electrons. The van der Waals surface area contributed by atoms with E-state index in [1.54, 1.807) is 19.2 Å². The number of hydrogen-bond donors (Lipinski definition) is 0. The molecule has 2 aromatic rings. The largest absolute Gasteiger partial charge is 0.456 e. The maximum absolute atomic E-state index is 12.5. The maximum Gasteiger partial charge on any atom is 0.456 e. The molecule has 0 bridgehead atoms. The number of aromatic nitrogens is 2. The average molecular weight is 321 g/mol. The normalized spacial score (nSPS) is 12.1. The number of aryl methyl sites for hydroxylation is 1. The predicted molar refractivity (Wildman–Crippen MR) is 62.7 cm³/mol. The molecule has 2 aromatic heterocycles. The summed E-state index contributed by atoms with van der Waals surface area (Å²) in [5.41, 5.74) is -0.399. The third kappa shape index (κ3) is 2.14. The average Bonchev–Trinajstić information content (AvgIpc) is 2.64. The third-order valence-corrected chi connectivity index (χ3v) is 2.96. The molecule has 2 rings (SSSR count). The van der Waals surface area contributed by atoms with E-state index in [0.717, 1.165) is 0 Å². The van der Waals surface area contributed by atoms with Crippen molar-refractivity contribution in [2.24, 2.45) is 0 Å². The molecule has 0 N–H and O–H groups in total. The minimum absolute atomic E-state index is 0.156. The Morgan fingerprint density at radius 2 is 2.17 bits per heavy atom. The summed E-state index contributed by atoms with van der Waals surface area (Å²) in [6.45, 7) is 1.76. The summed E-state index contributed by atoms with van der Waals surface area (Å²) in [4.78, 5) is 15.1. The molecular weight excluding hydrogens is 313 g/mol. The molecule has 0 saturated heterocycles. The van der Waals surface area contributed by atoms with E-state index in [-0.39, 0.29) is 5.52 Å². The number of carbonyl (C=O) groups excluding carboxylic acids is 1. The minimum atomic E-state index is -4.91. The van der Waals surface area contributed by atoms with Crippen LogP contribution in [0, 0.1) is 0 Å². The lowest BCUT2D eigenvalue weighted by atomic mass is 10.2. The lowest BCUT2D eigenvalue weighted by Gasteiger charge is -2.02. The van der Waals surface area contributed by atoms with Crippen LogP contribution in [0.25, 0.3) is 5.52 Å². The highest BCUT2D eigenvalue weighted by molar-refractivity contribution is 9.10.